The summed E-state index contributed by atoms with van der Waals surface area (Å²) in [6.07, 6.45) is 0.0933. The number of aliphatic hydroxyl groups excluding tert-OH is 1. The van der Waals surface area contributed by atoms with Gasteiger partial charge in [-0.15, -0.1) is 0 Å². The Bertz CT molecular complexity index is 347. The first-order chi connectivity index (χ1) is 7.63. The topological polar surface area (TPSA) is 47.9 Å². The van der Waals surface area contributed by atoms with Gasteiger partial charge in [-0.05, 0) is 13.0 Å². The largest absolute Gasteiger partial charge is 0.493 e. The summed E-state index contributed by atoms with van der Waals surface area (Å²) in [5.74, 6) is 1.79. The van der Waals surface area contributed by atoms with Gasteiger partial charge in [-0.3, -0.25) is 0 Å². The van der Waals surface area contributed by atoms with Gasteiger partial charge in [0.1, 0.15) is 0 Å². The molecule has 0 spiro atoms. The Kier molecular flexibility index (Phi) is 4.43. The van der Waals surface area contributed by atoms with Crippen LogP contribution in [0.1, 0.15) is 12.5 Å². The number of hydrogen-bond acceptors (Lipinski definition) is 4. The highest BCUT2D eigenvalue weighted by molar-refractivity contribution is 5.55. The van der Waals surface area contributed by atoms with Crippen LogP contribution in [0.5, 0.6) is 17.2 Å². The van der Waals surface area contributed by atoms with E-state index < -0.39 is 6.10 Å². The van der Waals surface area contributed by atoms with Crippen molar-refractivity contribution in [2.75, 3.05) is 21.3 Å². The van der Waals surface area contributed by atoms with Crippen molar-refractivity contribution in [2.24, 2.45) is 0 Å². The molecule has 0 amide bonds. The minimum Gasteiger partial charge on any atom is -0.493 e. The summed E-state index contributed by atoms with van der Waals surface area (Å²) in [7, 11) is 4.71. The van der Waals surface area contributed by atoms with E-state index >= 15 is 0 Å². The van der Waals surface area contributed by atoms with Crippen LogP contribution in [-0.2, 0) is 6.42 Å². The molecular formula is C12H18O4. The lowest BCUT2D eigenvalue weighted by Crippen LogP contribution is -2.07. The van der Waals surface area contributed by atoms with Crippen molar-refractivity contribution in [3.63, 3.8) is 0 Å². The van der Waals surface area contributed by atoms with Gasteiger partial charge in [0.05, 0.1) is 27.4 Å². The standard InChI is InChI=1S/C12H18O4/c1-8(13)7-9-5-6-10(14-2)12(16-4)11(9)15-3/h5-6,8,13H,7H2,1-4H3/t8-/m0/s1. The Morgan fingerprint density at radius 2 is 1.69 bits per heavy atom. The Labute approximate surface area is 95.8 Å². The fourth-order valence-electron chi connectivity index (χ4n) is 1.64. The molecule has 0 aliphatic carbocycles. The van der Waals surface area contributed by atoms with Crippen molar-refractivity contribution in [1.29, 1.82) is 0 Å². The molecule has 0 radical (unpaired) electrons. The van der Waals surface area contributed by atoms with Gasteiger partial charge in [0.2, 0.25) is 5.75 Å². The first-order valence-electron chi connectivity index (χ1n) is 5.10. The molecule has 90 valence electrons. The maximum atomic E-state index is 9.39. The molecule has 1 aromatic carbocycles. The van der Waals surface area contributed by atoms with Gasteiger partial charge in [0, 0.05) is 12.0 Å². The van der Waals surface area contributed by atoms with Gasteiger partial charge in [-0.2, -0.15) is 0 Å². The van der Waals surface area contributed by atoms with Gasteiger partial charge in [-0.1, -0.05) is 6.07 Å². The average molecular weight is 226 g/mol. The summed E-state index contributed by atoms with van der Waals surface area (Å²) in [4.78, 5) is 0. The molecule has 16 heavy (non-hydrogen) atoms. The summed E-state index contributed by atoms with van der Waals surface area (Å²) >= 11 is 0. The molecular weight excluding hydrogens is 208 g/mol. The molecule has 0 aliphatic heterocycles. The maximum absolute atomic E-state index is 9.39. The fourth-order valence-corrected chi connectivity index (χ4v) is 1.64. The molecule has 4 nitrogen and oxygen atoms in total. The predicted octanol–water partition coefficient (Wildman–Crippen LogP) is 1.64. The van der Waals surface area contributed by atoms with Crippen LogP contribution in [0, 0.1) is 0 Å². The molecule has 0 unspecified atom stereocenters. The van der Waals surface area contributed by atoms with Crippen LogP contribution in [0.25, 0.3) is 0 Å². The maximum Gasteiger partial charge on any atom is 0.203 e. The van der Waals surface area contributed by atoms with Gasteiger partial charge in [-0.25, -0.2) is 0 Å². The van der Waals surface area contributed by atoms with E-state index in [1.165, 1.54) is 0 Å². The number of rotatable bonds is 5. The third kappa shape index (κ3) is 2.58. The lowest BCUT2D eigenvalue weighted by Gasteiger charge is -2.16. The highest BCUT2D eigenvalue weighted by Crippen LogP contribution is 2.40. The lowest BCUT2D eigenvalue weighted by molar-refractivity contribution is 0.193. The molecule has 1 aromatic rings. The van der Waals surface area contributed by atoms with Gasteiger partial charge >= 0.3 is 0 Å². The van der Waals surface area contributed by atoms with Crippen LogP contribution < -0.4 is 14.2 Å². The van der Waals surface area contributed by atoms with E-state index in [0.717, 1.165) is 5.56 Å². The van der Waals surface area contributed by atoms with Gasteiger partial charge < -0.3 is 19.3 Å². The summed E-state index contributed by atoms with van der Waals surface area (Å²) in [6, 6.07) is 3.67. The molecule has 1 atom stereocenters. The zero-order chi connectivity index (χ0) is 12.1. The van der Waals surface area contributed by atoms with E-state index in [1.54, 1.807) is 34.3 Å². The Balaban J connectivity index is 3.20. The minimum absolute atomic E-state index is 0.424. The highest BCUT2D eigenvalue weighted by atomic mass is 16.5. The molecule has 4 heteroatoms. The molecule has 1 N–H and O–H groups in total. The lowest BCUT2D eigenvalue weighted by atomic mass is 10.1. The fraction of sp³-hybridized carbons (Fsp3) is 0.500. The van der Waals surface area contributed by atoms with Crippen molar-refractivity contribution in [1.82, 2.24) is 0 Å². The zero-order valence-electron chi connectivity index (χ0n) is 10.1. The summed E-state index contributed by atoms with van der Waals surface area (Å²) in [5, 5.41) is 9.39. The van der Waals surface area contributed by atoms with Crippen LogP contribution in [0.15, 0.2) is 12.1 Å². The minimum atomic E-state index is -0.424. The van der Waals surface area contributed by atoms with E-state index in [1.807, 2.05) is 6.07 Å². The summed E-state index contributed by atoms with van der Waals surface area (Å²) in [6.45, 7) is 1.73. The number of methoxy groups -OCH3 is 3. The second-order valence-corrected chi connectivity index (χ2v) is 3.55. The van der Waals surface area contributed by atoms with Crippen molar-refractivity contribution < 1.29 is 19.3 Å². The van der Waals surface area contributed by atoms with Crippen LogP contribution in [0.4, 0.5) is 0 Å². The van der Waals surface area contributed by atoms with E-state index in [2.05, 4.69) is 0 Å². The summed E-state index contributed by atoms with van der Waals surface area (Å²) < 4.78 is 15.7. The average Bonchev–Trinajstić information content (AvgIpc) is 2.27. The van der Waals surface area contributed by atoms with E-state index in [9.17, 15) is 5.11 Å². The Morgan fingerprint density at radius 3 is 2.12 bits per heavy atom. The van der Waals surface area contributed by atoms with E-state index in [4.69, 9.17) is 14.2 Å². The second kappa shape index (κ2) is 5.61. The first kappa shape index (κ1) is 12.6. The monoisotopic (exact) mass is 226 g/mol. The first-order valence-corrected chi connectivity index (χ1v) is 5.10. The van der Waals surface area contributed by atoms with Crippen molar-refractivity contribution in [3.8, 4) is 17.2 Å². The molecule has 0 bridgehead atoms. The van der Waals surface area contributed by atoms with Gasteiger partial charge in [0.25, 0.3) is 0 Å². The second-order valence-electron chi connectivity index (χ2n) is 3.55. The van der Waals surface area contributed by atoms with Crippen LogP contribution in [-0.4, -0.2) is 32.5 Å². The molecule has 0 fully saturated rings. The van der Waals surface area contributed by atoms with E-state index in [0.29, 0.717) is 23.7 Å². The molecule has 0 aliphatic rings. The number of aliphatic hydroxyl groups is 1. The SMILES string of the molecule is COc1ccc(C[C@H](C)O)c(OC)c1OC. The van der Waals surface area contributed by atoms with E-state index in [-0.39, 0.29) is 0 Å². The van der Waals surface area contributed by atoms with Crippen molar-refractivity contribution in [3.05, 3.63) is 17.7 Å². The van der Waals surface area contributed by atoms with Crippen LogP contribution in [0.2, 0.25) is 0 Å². The van der Waals surface area contributed by atoms with Crippen molar-refractivity contribution >= 4 is 0 Å². The quantitative estimate of drug-likeness (QED) is 0.829. The van der Waals surface area contributed by atoms with Crippen molar-refractivity contribution in [2.45, 2.75) is 19.4 Å². The molecule has 1 rings (SSSR count). The third-order valence-corrected chi connectivity index (χ3v) is 2.30. The Morgan fingerprint density at radius 1 is 1.06 bits per heavy atom. The molecule has 0 aromatic heterocycles. The van der Waals surface area contributed by atoms with Crippen LogP contribution >= 0.6 is 0 Å². The number of benzene rings is 1. The van der Waals surface area contributed by atoms with Crippen LogP contribution in [0.3, 0.4) is 0 Å². The number of hydrogen-bond donors (Lipinski definition) is 1. The molecule has 0 saturated carbocycles. The predicted molar refractivity (Wildman–Crippen MR) is 61.5 cm³/mol. The third-order valence-electron chi connectivity index (χ3n) is 2.30. The Hall–Kier alpha value is -1.42. The molecule has 0 saturated heterocycles. The normalized spacial score (nSPS) is 12.1. The molecule has 0 heterocycles. The summed E-state index contributed by atoms with van der Waals surface area (Å²) in [5.41, 5.74) is 0.898. The smallest absolute Gasteiger partial charge is 0.203 e. The highest BCUT2D eigenvalue weighted by Gasteiger charge is 2.16. The van der Waals surface area contributed by atoms with Gasteiger partial charge in [0.15, 0.2) is 11.5 Å². The number of ether oxygens (including phenoxy) is 3. The zero-order valence-corrected chi connectivity index (χ0v) is 10.1.